The lowest BCUT2D eigenvalue weighted by molar-refractivity contribution is 0.238. The van der Waals surface area contributed by atoms with Gasteiger partial charge in [0.1, 0.15) is 4.90 Å². The van der Waals surface area contributed by atoms with Crippen LogP contribution < -0.4 is 10.5 Å². The van der Waals surface area contributed by atoms with Crippen molar-refractivity contribution in [1.29, 1.82) is 0 Å². The Bertz CT molecular complexity index is 534. The van der Waals surface area contributed by atoms with Crippen LogP contribution in [0.2, 0.25) is 0 Å². The summed E-state index contributed by atoms with van der Waals surface area (Å²) in [4.78, 5) is -0.842. The van der Waals surface area contributed by atoms with Crippen molar-refractivity contribution in [1.82, 2.24) is 4.72 Å². The Morgan fingerprint density at radius 3 is 2.61 bits per heavy atom. The summed E-state index contributed by atoms with van der Waals surface area (Å²) in [5.41, 5.74) is 5.08. The SMILES string of the molecule is CC(CO)CNS(=O)(=O)c1cc(N)cc(F)c1F. The summed E-state index contributed by atoms with van der Waals surface area (Å²) in [7, 11) is -4.20. The van der Waals surface area contributed by atoms with Crippen LogP contribution in [0, 0.1) is 17.6 Å². The molecule has 18 heavy (non-hydrogen) atoms. The molecule has 0 aliphatic carbocycles. The summed E-state index contributed by atoms with van der Waals surface area (Å²) in [6, 6.07) is 1.54. The Labute approximate surface area is 104 Å². The monoisotopic (exact) mass is 280 g/mol. The van der Waals surface area contributed by atoms with E-state index in [1.165, 1.54) is 0 Å². The molecule has 1 unspecified atom stereocenters. The van der Waals surface area contributed by atoms with Gasteiger partial charge in [0.15, 0.2) is 11.6 Å². The van der Waals surface area contributed by atoms with Gasteiger partial charge in [-0.05, 0) is 18.1 Å². The van der Waals surface area contributed by atoms with E-state index in [1.807, 2.05) is 0 Å². The third kappa shape index (κ3) is 3.37. The number of benzene rings is 1. The average molecular weight is 280 g/mol. The molecule has 0 amide bonds. The normalized spacial score (nSPS) is 13.6. The first-order valence-corrected chi connectivity index (χ1v) is 6.61. The molecular formula is C10H14F2N2O3S. The maximum atomic E-state index is 13.4. The quantitative estimate of drug-likeness (QED) is 0.683. The number of rotatable bonds is 5. The van der Waals surface area contributed by atoms with Crippen molar-refractivity contribution in [3.8, 4) is 0 Å². The van der Waals surface area contributed by atoms with Gasteiger partial charge in [-0.1, -0.05) is 6.92 Å². The molecule has 5 nitrogen and oxygen atoms in total. The van der Waals surface area contributed by atoms with Gasteiger partial charge in [0.2, 0.25) is 10.0 Å². The zero-order chi connectivity index (χ0) is 13.9. The fourth-order valence-electron chi connectivity index (χ4n) is 1.17. The van der Waals surface area contributed by atoms with E-state index in [0.29, 0.717) is 6.07 Å². The zero-order valence-corrected chi connectivity index (χ0v) is 10.5. The summed E-state index contributed by atoms with van der Waals surface area (Å²) in [6.45, 7) is 1.28. The summed E-state index contributed by atoms with van der Waals surface area (Å²) < 4.78 is 51.9. The Hall–Kier alpha value is -1.25. The standard InChI is InChI=1S/C10H14F2N2O3S/c1-6(5-15)4-14-18(16,17)9-3-7(13)2-8(11)10(9)12/h2-3,6,14-15H,4-5,13H2,1H3. The number of anilines is 1. The first-order valence-electron chi connectivity index (χ1n) is 5.13. The molecule has 1 aromatic carbocycles. The highest BCUT2D eigenvalue weighted by molar-refractivity contribution is 7.89. The fraction of sp³-hybridized carbons (Fsp3) is 0.400. The van der Waals surface area contributed by atoms with Crippen LogP contribution in [-0.2, 0) is 10.0 Å². The molecule has 4 N–H and O–H groups in total. The molecule has 0 spiro atoms. The highest BCUT2D eigenvalue weighted by Crippen LogP contribution is 2.20. The molecule has 0 aromatic heterocycles. The fourth-order valence-corrected chi connectivity index (χ4v) is 2.46. The number of halogens is 2. The molecule has 8 heteroatoms. The van der Waals surface area contributed by atoms with Crippen LogP contribution in [0.25, 0.3) is 0 Å². The van der Waals surface area contributed by atoms with Crippen molar-refractivity contribution in [3.05, 3.63) is 23.8 Å². The molecule has 0 heterocycles. The van der Waals surface area contributed by atoms with Crippen LogP contribution in [-0.4, -0.2) is 26.7 Å². The average Bonchev–Trinajstić information content (AvgIpc) is 2.30. The smallest absolute Gasteiger partial charge is 0.243 e. The van der Waals surface area contributed by atoms with E-state index in [1.54, 1.807) is 6.92 Å². The van der Waals surface area contributed by atoms with Gasteiger partial charge >= 0.3 is 0 Å². The highest BCUT2D eigenvalue weighted by atomic mass is 32.2. The molecule has 1 atom stereocenters. The number of sulfonamides is 1. The highest BCUT2D eigenvalue weighted by Gasteiger charge is 2.22. The minimum atomic E-state index is -4.20. The van der Waals surface area contributed by atoms with Gasteiger partial charge in [-0.3, -0.25) is 0 Å². The molecule has 0 radical (unpaired) electrons. The van der Waals surface area contributed by atoms with Crippen LogP contribution in [0.1, 0.15) is 6.92 Å². The second-order valence-electron chi connectivity index (χ2n) is 3.95. The van der Waals surface area contributed by atoms with Crippen molar-refractivity contribution < 1.29 is 22.3 Å². The molecule has 0 bridgehead atoms. The third-order valence-electron chi connectivity index (χ3n) is 2.24. The molecular weight excluding hydrogens is 266 g/mol. The second kappa shape index (κ2) is 5.59. The number of nitrogen functional groups attached to an aromatic ring is 1. The van der Waals surface area contributed by atoms with E-state index < -0.39 is 26.6 Å². The number of aliphatic hydroxyl groups is 1. The van der Waals surface area contributed by atoms with E-state index in [0.717, 1.165) is 6.07 Å². The van der Waals surface area contributed by atoms with Gasteiger partial charge in [-0.15, -0.1) is 0 Å². The largest absolute Gasteiger partial charge is 0.399 e. The Morgan fingerprint density at radius 2 is 2.06 bits per heavy atom. The minimum Gasteiger partial charge on any atom is -0.399 e. The van der Waals surface area contributed by atoms with E-state index in [-0.39, 0.29) is 24.8 Å². The second-order valence-corrected chi connectivity index (χ2v) is 5.69. The molecule has 0 aliphatic heterocycles. The van der Waals surface area contributed by atoms with Gasteiger partial charge in [0.25, 0.3) is 0 Å². The Morgan fingerprint density at radius 1 is 1.44 bits per heavy atom. The molecule has 0 saturated heterocycles. The topological polar surface area (TPSA) is 92.4 Å². The summed E-state index contributed by atoms with van der Waals surface area (Å²) in [6.07, 6.45) is 0. The molecule has 1 rings (SSSR count). The van der Waals surface area contributed by atoms with Crippen molar-refractivity contribution in [2.75, 3.05) is 18.9 Å². The minimum absolute atomic E-state index is 0.0886. The van der Waals surface area contributed by atoms with Crippen molar-refractivity contribution in [3.63, 3.8) is 0 Å². The van der Waals surface area contributed by atoms with Crippen molar-refractivity contribution >= 4 is 15.7 Å². The maximum Gasteiger partial charge on any atom is 0.243 e. The predicted octanol–water partition coefficient (Wildman–Crippen LogP) is 0.454. The molecule has 0 fully saturated rings. The third-order valence-corrected chi connectivity index (χ3v) is 3.66. The summed E-state index contributed by atoms with van der Waals surface area (Å²) >= 11 is 0. The van der Waals surface area contributed by atoms with Crippen LogP contribution >= 0.6 is 0 Å². The summed E-state index contributed by atoms with van der Waals surface area (Å²) in [5, 5.41) is 8.76. The number of aliphatic hydroxyl groups excluding tert-OH is 1. The number of hydrogen-bond acceptors (Lipinski definition) is 4. The molecule has 0 aliphatic rings. The summed E-state index contributed by atoms with van der Waals surface area (Å²) in [5.74, 6) is -3.15. The van der Waals surface area contributed by atoms with E-state index in [9.17, 15) is 17.2 Å². The zero-order valence-electron chi connectivity index (χ0n) is 9.65. The van der Waals surface area contributed by atoms with Gasteiger partial charge in [0, 0.05) is 18.8 Å². The molecule has 102 valence electrons. The van der Waals surface area contributed by atoms with Crippen LogP contribution in [0.4, 0.5) is 14.5 Å². The predicted molar refractivity (Wildman–Crippen MR) is 62.2 cm³/mol. The number of hydrogen-bond donors (Lipinski definition) is 3. The van der Waals surface area contributed by atoms with E-state index in [2.05, 4.69) is 4.72 Å². The lowest BCUT2D eigenvalue weighted by Crippen LogP contribution is -2.30. The number of nitrogens with two attached hydrogens (primary N) is 1. The van der Waals surface area contributed by atoms with Crippen molar-refractivity contribution in [2.45, 2.75) is 11.8 Å². The lowest BCUT2D eigenvalue weighted by atomic mass is 10.2. The van der Waals surface area contributed by atoms with Crippen LogP contribution in [0.5, 0.6) is 0 Å². The van der Waals surface area contributed by atoms with Gasteiger partial charge < -0.3 is 10.8 Å². The van der Waals surface area contributed by atoms with E-state index in [4.69, 9.17) is 10.8 Å². The maximum absolute atomic E-state index is 13.4. The first-order chi connectivity index (χ1) is 8.27. The van der Waals surface area contributed by atoms with Crippen LogP contribution in [0.15, 0.2) is 17.0 Å². The van der Waals surface area contributed by atoms with E-state index >= 15 is 0 Å². The van der Waals surface area contributed by atoms with Gasteiger partial charge in [0.05, 0.1) is 0 Å². The lowest BCUT2D eigenvalue weighted by Gasteiger charge is -2.11. The van der Waals surface area contributed by atoms with Gasteiger partial charge in [-0.25, -0.2) is 21.9 Å². The Balaban J connectivity index is 3.05. The van der Waals surface area contributed by atoms with Crippen molar-refractivity contribution in [2.24, 2.45) is 5.92 Å². The van der Waals surface area contributed by atoms with Crippen LogP contribution in [0.3, 0.4) is 0 Å². The molecule has 1 aromatic rings. The first kappa shape index (κ1) is 14.8. The van der Waals surface area contributed by atoms with Gasteiger partial charge in [-0.2, -0.15) is 0 Å². The Kier molecular flexibility index (Phi) is 4.60. The molecule has 0 saturated carbocycles. The number of nitrogens with one attached hydrogen (secondary N) is 1.